The molecule has 1 heterocycles. The number of phenolic OH excluding ortho intramolecular Hbond substituents is 1. The van der Waals surface area contributed by atoms with Crippen LogP contribution in [0.4, 0.5) is 0 Å². The zero-order valence-electron chi connectivity index (χ0n) is 21.3. The minimum absolute atomic E-state index is 0.101. The number of aromatic hydroxyl groups is 1. The van der Waals surface area contributed by atoms with Gasteiger partial charge >= 0.3 is 5.97 Å². The molecule has 1 saturated carbocycles. The molecule has 37 heavy (non-hydrogen) atoms. The zero-order chi connectivity index (χ0) is 26.0. The van der Waals surface area contributed by atoms with Gasteiger partial charge in [0.05, 0.1) is 0 Å². The van der Waals surface area contributed by atoms with E-state index in [1.54, 1.807) is 12.1 Å². The third kappa shape index (κ3) is 4.74. The quantitative estimate of drug-likeness (QED) is 0.371. The molecular formula is C31H34N2O4. The molecule has 0 unspecified atom stereocenters. The SMILES string of the molecule is C=CCN1CC[C@@]2(c3cccc(O)c3)C[C@H](NC(=O)c3ccc4ccccc4c3)CC[C@]2(OC(C)=O)C1. The lowest BCUT2D eigenvalue weighted by atomic mass is 9.55. The summed E-state index contributed by atoms with van der Waals surface area (Å²) in [5, 5.41) is 15.8. The van der Waals surface area contributed by atoms with Crippen molar-refractivity contribution in [2.45, 2.75) is 49.7 Å². The van der Waals surface area contributed by atoms with E-state index < -0.39 is 11.0 Å². The van der Waals surface area contributed by atoms with Crippen molar-refractivity contribution in [2.24, 2.45) is 0 Å². The minimum atomic E-state index is -0.766. The number of benzene rings is 3. The molecule has 5 rings (SSSR count). The van der Waals surface area contributed by atoms with Gasteiger partial charge in [-0.2, -0.15) is 0 Å². The molecule has 2 fully saturated rings. The van der Waals surface area contributed by atoms with E-state index >= 15 is 0 Å². The van der Waals surface area contributed by atoms with E-state index in [1.165, 1.54) is 6.92 Å². The van der Waals surface area contributed by atoms with Crippen molar-refractivity contribution in [3.63, 3.8) is 0 Å². The van der Waals surface area contributed by atoms with Crippen LogP contribution in [-0.4, -0.2) is 53.2 Å². The highest BCUT2D eigenvalue weighted by atomic mass is 16.6. The van der Waals surface area contributed by atoms with Gasteiger partial charge < -0.3 is 15.2 Å². The van der Waals surface area contributed by atoms with Gasteiger partial charge in [-0.1, -0.05) is 48.5 Å². The molecule has 1 aliphatic carbocycles. The lowest BCUT2D eigenvalue weighted by Gasteiger charge is -2.59. The van der Waals surface area contributed by atoms with Crippen molar-refractivity contribution < 1.29 is 19.4 Å². The van der Waals surface area contributed by atoms with Crippen LogP contribution in [0.1, 0.15) is 48.5 Å². The number of nitrogens with zero attached hydrogens (tertiary/aromatic N) is 1. The summed E-state index contributed by atoms with van der Waals surface area (Å²) in [4.78, 5) is 28.1. The van der Waals surface area contributed by atoms with Crippen LogP contribution < -0.4 is 5.32 Å². The highest BCUT2D eigenvalue weighted by Gasteiger charge is 2.60. The lowest BCUT2D eigenvalue weighted by Crippen LogP contribution is -2.68. The fourth-order valence-corrected chi connectivity index (χ4v) is 6.55. The Labute approximate surface area is 217 Å². The summed E-state index contributed by atoms with van der Waals surface area (Å²) in [6.07, 6.45) is 4.52. The minimum Gasteiger partial charge on any atom is -0.508 e. The monoisotopic (exact) mass is 498 g/mol. The Morgan fingerprint density at radius 2 is 1.92 bits per heavy atom. The van der Waals surface area contributed by atoms with Crippen LogP contribution in [0.15, 0.2) is 79.4 Å². The standard InChI is InChI=1S/C31H34N2O4/c1-3-16-33-17-15-30(26-9-6-10-28(35)19-26)20-27(13-14-31(30,21-33)37-22(2)34)32-29(36)25-12-11-23-7-4-5-8-24(23)18-25/h3-12,18-19,27,35H,1,13-17,20-21H2,2H3,(H,32,36)/t27-,30+,31+/m1/s1. The van der Waals surface area contributed by atoms with Gasteiger partial charge in [0.2, 0.25) is 0 Å². The average Bonchev–Trinajstić information content (AvgIpc) is 2.88. The molecule has 2 N–H and O–H groups in total. The van der Waals surface area contributed by atoms with E-state index in [0.717, 1.165) is 29.3 Å². The van der Waals surface area contributed by atoms with Crippen molar-refractivity contribution in [2.75, 3.05) is 19.6 Å². The summed E-state index contributed by atoms with van der Waals surface area (Å²) in [5.74, 6) is -0.242. The van der Waals surface area contributed by atoms with Crippen molar-refractivity contribution in [3.05, 3.63) is 90.5 Å². The highest BCUT2D eigenvalue weighted by molar-refractivity contribution is 5.98. The molecule has 1 aliphatic heterocycles. The number of esters is 1. The smallest absolute Gasteiger partial charge is 0.303 e. The van der Waals surface area contributed by atoms with Gasteiger partial charge in [0.25, 0.3) is 5.91 Å². The van der Waals surface area contributed by atoms with E-state index in [2.05, 4.69) is 16.8 Å². The van der Waals surface area contributed by atoms with Gasteiger partial charge in [-0.25, -0.2) is 0 Å². The molecule has 3 atom stereocenters. The second-order valence-corrected chi connectivity index (χ2v) is 10.5. The van der Waals surface area contributed by atoms with E-state index in [0.29, 0.717) is 37.9 Å². The Kier molecular flexibility index (Phi) is 6.78. The van der Waals surface area contributed by atoms with Crippen LogP contribution in [0.5, 0.6) is 5.75 Å². The Hall–Kier alpha value is -3.64. The number of fused-ring (bicyclic) bond motifs is 2. The number of hydrogen-bond acceptors (Lipinski definition) is 5. The summed E-state index contributed by atoms with van der Waals surface area (Å²) < 4.78 is 6.23. The van der Waals surface area contributed by atoms with Gasteiger partial charge in [0.1, 0.15) is 11.4 Å². The maximum absolute atomic E-state index is 13.4. The van der Waals surface area contributed by atoms with Gasteiger partial charge in [0, 0.05) is 37.0 Å². The molecule has 6 heteroatoms. The normalized spacial score (nSPS) is 25.7. The summed E-state index contributed by atoms with van der Waals surface area (Å²) in [6, 6.07) is 20.9. The number of piperidine rings is 1. The lowest BCUT2D eigenvalue weighted by molar-refractivity contribution is -0.186. The molecule has 1 saturated heterocycles. The van der Waals surface area contributed by atoms with Gasteiger partial charge in [-0.05, 0) is 72.8 Å². The van der Waals surface area contributed by atoms with Crippen molar-refractivity contribution >= 4 is 22.6 Å². The van der Waals surface area contributed by atoms with Crippen LogP contribution in [0.3, 0.4) is 0 Å². The number of ether oxygens (including phenoxy) is 1. The molecule has 192 valence electrons. The summed E-state index contributed by atoms with van der Waals surface area (Å²) >= 11 is 0. The van der Waals surface area contributed by atoms with Gasteiger partial charge in [-0.3, -0.25) is 14.5 Å². The fraction of sp³-hybridized carbons (Fsp3) is 0.355. The van der Waals surface area contributed by atoms with Gasteiger partial charge in [-0.15, -0.1) is 6.58 Å². The second-order valence-electron chi connectivity index (χ2n) is 10.5. The summed E-state index contributed by atoms with van der Waals surface area (Å²) in [6.45, 7) is 7.45. The second kappa shape index (κ2) is 10.0. The molecule has 2 aliphatic rings. The van der Waals surface area contributed by atoms with Crippen LogP contribution in [0.25, 0.3) is 10.8 Å². The van der Waals surface area contributed by atoms with E-state index in [1.807, 2.05) is 60.7 Å². The Bertz CT molecular complexity index is 1340. The zero-order valence-corrected chi connectivity index (χ0v) is 21.3. The molecule has 0 aromatic heterocycles. The number of rotatable bonds is 6. The molecule has 1 amide bonds. The molecular weight excluding hydrogens is 464 g/mol. The van der Waals surface area contributed by atoms with Crippen molar-refractivity contribution in [3.8, 4) is 5.75 Å². The van der Waals surface area contributed by atoms with E-state index in [-0.39, 0.29) is 23.7 Å². The number of likely N-dealkylation sites (tertiary alicyclic amines) is 1. The fourth-order valence-electron chi connectivity index (χ4n) is 6.55. The molecule has 3 aromatic carbocycles. The van der Waals surface area contributed by atoms with Crippen molar-refractivity contribution in [1.82, 2.24) is 10.2 Å². The first kappa shape index (κ1) is 25.0. The molecule has 3 aromatic rings. The molecule has 0 spiro atoms. The van der Waals surface area contributed by atoms with Crippen molar-refractivity contribution in [1.29, 1.82) is 0 Å². The Morgan fingerprint density at radius 3 is 2.68 bits per heavy atom. The van der Waals surface area contributed by atoms with E-state index in [4.69, 9.17) is 4.74 Å². The molecule has 0 bridgehead atoms. The predicted molar refractivity (Wildman–Crippen MR) is 145 cm³/mol. The number of carbonyl (C=O) groups is 2. The first-order valence-corrected chi connectivity index (χ1v) is 13.0. The number of hydrogen-bond donors (Lipinski definition) is 2. The summed E-state index contributed by atoms with van der Waals surface area (Å²) in [5.41, 5.74) is 0.256. The number of carbonyl (C=O) groups excluding carboxylic acids is 2. The highest BCUT2D eigenvalue weighted by Crippen LogP contribution is 2.54. The number of phenols is 1. The summed E-state index contributed by atoms with van der Waals surface area (Å²) in [7, 11) is 0. The third-order valence-corrected chi connectivity index (χ3v) is 8.17. The Morgan fingerprint density at radius 1 is 1.11 bits per heavy atom. The van der Waals surface area contributed by atoms with Crippen LogP contribution in [-0.2, 0) is 14.9 Å². The van der Waals surface area contributed by atoms with Gasteiger partial charge in [0.15, 0.2) is 0 Å². The maximum atomic E-state index is 13.4. The maximum Gasteiger partial charge on any atom is 0.303 e. The predicted octanol–water partition coefficient (Wildman–Crippen LogP) is 4.96. The first-order valence-electron chi connectivity index (χ1n) is 13.0. The average molecular weight is 499 g/mol. The van der Waals surface area contributed by atoms with Crippen LogP contribution in [0.2, 0.25) is 0 Å². The third-order valence-electron chi connectivity index (χ3n) is 8.17. The van der Waals surface area contributed by atoms with Crippen LogP contribution >= 0.6 is 0 Å². The Balaban J connectivity index is 1.48. The first-order chi connectivity index (χ1) is 17.8. The largest absolute Gasteiger partial charge is 0.508 e. The van der Waals surface area contributed by atoms with E-state index in [9.17, 15) is 14.7 Å². The molecule has 0 radical (unpaired) electrons. The van der Waals surface area contributed by atoms with Crippen LogP contribution in [0, 0.1) is 0 Å². The number of amides is 1. The number of nitrogens with one attached hydrogen (secondary N) is 1. The molecule has 6 nitrogen and oxygen atoms in total. The topological polar surface area (TPSA) is 78.9 Å².